The molecule has 1 amide bonds. The van der Waals surface area contributed by atoms with Gasteiger partial charge in [-0.1, -0.05) is 35.9 Å². The second-order valence-corrected chi connectivity index (χ2v) is 7.12. The van der Waals surface area contributed by atoms with E-state index in [1.165, 1.54) is 5.56 Å². The second kappa shape index (κ2) is 10.4. The molecule has 144 valence electrons. The summed E-state index contributed by atoms with van der Waals surface area (Å²) in [5.41, 5.74) is 3.16. The van der Waals surface area contributed by atoms with E-state index in [0.29, 0.717) is 6.42 Å². The van der Waals surface area contributed by atoms with E-state index in [1.54, 1.807) is 0 Å². The van der Waals surface area contributed by atoms with Crippen LogP contribution in [0.1, 0.15) is 17.5 Å². The highest BCUT2D eigenvalue weighted by Gasteiger charge is 2.12. The lowest BCUT2D eigenvalue weighted by molar-refractivity contribution is -0.116. The van der Waals surface area contributed by atoms with Crippen molar-refractivity contribution in [2.45, 2.75) is 19.5 Å². The molecule has 27 heavy (non-hydrogen) atoms. The van der Waals surface area contributed by atoms with Crippen LogP contribution in [0.25, 0.3) is 0 Å². The minimum Gasteiger partial charge on any atom is -0.379 e. The van der Waals surface area contributed by atoms with Crippen LogP contribution in [0.2, 0.25) is 5.02 Å². The Bertz CT molecular complexity index is 730. The molecule has 0 aliphatic carbocycles. The van der Waals surface area contributed by atoms with Gasteiger partial charge in [-0.05, 0) is 35.4 Å². The van der Waals surface area contributed by atoms with Crippen LogP contribution in [-0.2, 0) is 22.6 Å². The Morgan fingerprint density at radius 3 is 2.56 bits per heavy atom. The van der Waals surface area contributed by atoms with E-state index >= 15 is 0 Å². The maximum Gasteiger partial charge on any atom is 0.225 e. The molecule has 6 heteroatoms. The third-order valence-corrected chi connectivity index (χ3v) is 4.79. The van der Waals surface area contributed by atoms with Crippen LogP contribution in [0.3, 0.4) is 0 Å². The van der Waals surface area contributed by atoms with Crippen LogP contribution in [0.15, 0.2) is 48.5 Å². The highest BCUT2D eigenvalue weighted by atomic mass is 35.5. The predicted molar refractivity (Wildman–Crippen MR) is 109 cm³/mol. The molecule has 1 fully saturated rings. The number of hydrogen-bond donors (Lipinski definition) is 2. The number of morpholine rings is 1. The first-order valence-corrected chi connectivity index (χ1v) is 9.71. The summed E-state index contributed by atoms with van der Waals surface area (Å²) in [6.07, 6.45) is 0.499. The molecule has 2 aromatic rings. The molecule has 0 bridgehead atoms. The Kier molecular flexibility index (Phi) is 7.66. The standard InChI is InChI=1S/C21H26ClN3O2/c22-19-6-4-17(5-7-19)15-23-16-18-2-1-3-20(14-18)24-21(26)8-9-25-10-12-27-13-11-25/h1-7,14,23H,8-13,15-16H2,(H,24,26). The molecule has 1 saturated heterocycles. The number of nitrogens with one attached hydrogen (secondary N) is 2. The van der Waals surface area contributed by atoms with Crippen LogP contribution in [0, 0.1) is 0 Å². The molecule has 1 aliphatic rings. The molecule has 2 aromatic carbocycles. The van der Waals surface area contributed by atoms with E-state index in [0.717, 1.165) is 62.2 Å². The first-order chi connectivity index (χ1) is 13.2. The quantitative estimate of drug-likeness (QED) is 0.729. The third-order valence-electron chi connectivity index (χ3n) is 4.54. The molecule has 1 aliphatic heterocycles. The summed E-state index contributed by atoms with van der Waals surface area (Å²) >= 11 is 5.90. The van der Waals surface area contributed by atoms with Crippen molar-refractivity contribution in [3.63, 3.8) is 0 Å². The van der Waals surface area contributed by atoms with Crippen molar-refractivity contribution < 1.29 is 9.53 Å². The molecular weight excluding hydrogens is 362 g/mol. The van der Waals surface area contributed by atoms with E-state index in [2.05, 4.69) is 21.6 Å². The third kappa shape index (κ3) is 6.96. The summed E-state index contributed by atoms with van der Waals surface area (Å²) in [6, 6.07) is 15.8. The van der Waals surface area contributed by atoms with Crippen molar-refractivity contribution in [3.05, 3.63) is 64.7 Å². The van der Waals surface area contributed by atoms with Crippen LogP contribution in [0.4, 0.5) is 5.69 Å². The fourth-order valence-electron chi connectivity index (χ4n) is 3.02. The van der Waals surface area contributed by atoms with Crippen molar-refractivity contribution >= 4 is 23.2 Å². The van der Waals surface area contributed by atoms with Crippen molar-refractivity contribution in [1.82, 2.24) is 10.2 Å². The predicted octanol–water partition coefficient (Wildman–Crippen LogP) is 3.29. The molecule has 0 radical (unpaired) electrons. The number of anilines is 1. The van der Waals surface area contributed by atoms with Crippen LogP contribution >= 0.6 is 11.6 Å². The molecule has 2 N–H and O–H groups in total. The first kappa shape index (κ1) is 19.8. The van der Waals surface area contributed by atoms with E-state index in [1.807, 2.05) is 42.5 Å². The van der Waals surface area contributed by atoms with Gasteiger partial charge in [0, 0.05) is 49.9 Å². The SMILES string of the molecule is O=C(CCN1CCOCC1)Nc1cccc(CNCc2ccc(Cl)cc2)c1. The highest BCUT2D eigenvalue weighted by molar-refractivity contribution is 6.30. The minimum absolute atomic E-state index is 0.0489. The Morgan fingerprint density at radius 2 is 1.78 bits per heavy atom. The number of benzene rings is 2. The number of carbonyl (C=O) groups is 1. The molecule has 0 saturated carbocycles. The average molecular weight is 388 g/mol. The zero-order valence-corrected chi connectivity index (χ0v) is 16.2. The van der Waals surface area contributed by atoms with Crippen molar-refractivity contribution in [1.29, 1.82) is 0 Å². The summed E-state index contributed by atoms with van der Waals surface area (Å²) in [6.45, 7) is 5.61. The number of halogens is 1. The Balaban J connectivity index is 1.42. The lowest BCUT2D eigenvalue weighted by Crippen LogP contribution is -2.38. The molecular formula is C21H26ClN3O2. The first-order valence-electron chi connectivity index (χ1n) is 9.33. The van der Waals surface area contributed by atoms with Gasteiger partial charge in [0.05, 0.1) is 13.2 Å². The topological polar surface area (TPSA) is 53.6 Å². The summed E-state index contributed by atoms with van der Waals surface area (Å²) < 4.78 is 5.33. The second-order valence-electron chi connectivity index (χ2n) is 6.68. The van der Waals surface area contributed by atoms with E-state index in [9.17, 15) is 4.79 Å². The van der Waals surface area contributed by atoms with Gasteiger partial charge in [0.1, 0.15) is 0 Å². The monoisotopic (exact) mass is 387 g/mol. The fraction of sp³-hybridized carbons (Fsp3) is 0.381. The summed E-state index contributed by atoms with van der Waals surface area (Å²) in [4.78, 5) is 14.5. The van der Waals surface area contributed by atoms with Gasteiger partial charge in [0.2, 0.25) is 5.91 Å². The zero-order chi connectivity index (χ0) is 18.9. The molecule has 3 rings (SSSR count). The summed E-state index contributed by atoms with van der Waals surface area (Å²) in [7, 11) is 0. The van der Waals surface area contributed by atoms with Crippen LogP contribution in [-0.4, -0.2) is 43.7 Å². The summed E-state index contributed by atoms with van der Waals surface area (Å²) in [5, 5.41) is 7.15. The maximum atomic E-state index is 12.2. The van der Waals surface area contributed by atoms with Gasteiger partial charge >= 0.3 is 0 Å². The number of carbonyl (C=O) groups excluding carboxylic acids is 1. The molecule has 0 atom stereocenters. The van der Waals surface area contributed by atoms with E-state index < -0.39 is 0 Å². The van der Waals surface area contributed by atoms with Gasteiger partial charge in [0.25, 0.3) is 0 Å². The fourth-order valence-corrected chi connectivity index (χ4v) is 3.15. The Labute approximate surface area is 165 Å². The van der Waals surface area contributed by atoms with Gasteiger partial charge < -0.3 is 15.4 Å². The zero-order valence-electron chi connectivity index (χ0n) is 15.4. The molecule has 0 unspecified atom stereocenters. The molecule has 1 heterocycles. The number of hydrogen-bond acceptors (Lipinski definition) is 4. The highest BCUT2D eigenvalue weighted by Crippen LogP contribution is 2.12. The molecule has 5 nitrogen and oxygen atoms in total. The normalized spacial score (nSPS) is 14.9. The van der Waals surface area contributed by atoms with Gasteiger partial charge in [0.15, 0.2) is 0 Å². The van der Waals surface area contributed by atoms with E-state index in [4.69, 9.17) is 16.3 Å². The van der Waals surface area contributed by atoms with Crippen molar-refractivity contribution in [3.8, 4) is 0 Å². The number of rotatable bonds is 8. The lowest BCUT2D eigenvalue weighted by Gasteiger charge is -2.26. The van der Waals surface area contributed by atoms with Crippen LogP contribution < -0.4 is 10.6 Å². The van der Waals surface area contributed by atoms with Crippen molar-refractivity contribution in [2.24, 2.45) is 0 Å². The molecule has 0 spiro atoms. The average Bonchev–Trinajstić information content (AvgIpc) is 2.69. The Morgan fingerprint density at radius 1 is 1.04 bits per heavy atom. The van der Waals surface area contributed by atoms with Gasteiger partial charge in [-0.25, -0.2) is 0 Å². The lowest BCUT2D eigenvalue weighted by atomic mass is 10.2. The number of ether oxygens (including phenoxy) is 1. The summed E-state index contributed by atoms with van der Waals surface area (Å²) in [5.74, 6) is 0.0489. The molecule has 0 aromatic heterocycles. The van der Waals surface area contributed by atoms with Crippen LogP contribution in [0.5, 0.6) is 0 Å². The van der Waals surface area contributed by atoms with E-state index in [-0.39, 0.29) is 5.91 Å². The van der Waals surface area contributed by atoms with Crippen molar-refractivity contribution in [2.75, 3.05) is 38.2 Å². The van der Waals surface area contributed by atoms with Gasteiger partial charge in [-0.3, -0.25) is 9.69 Å². The number of amides is 1. The minimum atomic E-state index is 0.0489. The van der Waals surface area contributed by atoms with Gasteiger partial charge in [-0.15, -0.1) is 0 Å². The Hall–Kier alpha value is -1.92. The number of nitrogens with zero attached hydrogens (tertiary/aromatic N) is 1. The largest absolute Gasteiger partial charge is 0.379 e. The smallest absolute Gasteiger partial charge is 0.225 e. The maximum absolute atomic E-state index is 12.2. The van der Waals surface area contributed by atoms with Gasteiger partial charge in [-0.2, -0.15) is 0 Å².